The van der Waals surface area contributed by atoms with Gasteiger partial charge in [0.25, 0.3) is 5.69 Å². The molecule has 0 atom stereocenters. The first-order valence-corrected chi connectivity index (χ1v) is 6.61. The molecule has 0 heterocycles. The number of hydrogen-bond donors (Lipinski definition) is 2. The molecule has 0 spiro atoms. The molecule has 0 amide bonds. The summed E-state index contributed by atoms with van der Waals surface area (Å²) in [6.07, 6.45) is 0. The summed E-state index contributed by atoms with van der Waals surface area (Å²) in [5, 5.41) is 19.7. The molecule has 8 heteroatoms. The van der Waals surface area contributed by atoms with E-state index in [4.69, 9.17) is 9.94 Å². The van der Waals surface area contributed by atoms with Crippen LogP contribution in [-0.2, 0) is 4.74 Å². The topological polar surface area (TPSA) is 105 Å². The molecule has 0 aliphatic carbocycles. The molecule has 1 aromatic carbocycles. The average molecular weight is 297 g/mol. The SMILES string of the molecule is CCN(CC)CCOC(=O)c1ccc(NO)cc1[N+](=O)[O-]. The van der Waals surface area contributed by atoms with Crippen molar-refractivity contribution < 1.29 is 19.7 Å². The van der Waals surface area contributed by atoms with E-state index in [1.807, 2.05) is 13.8 Å². The summed E-state index contributed by atoms with van der Waals surface area (Å²) in [5.74, 6) is -0.752. The van der Waals surface area contributed by atoms with Crippen LogP contribution in [0.5, 0.6) is 0 Å². The zero-order chi connectivity index (χ0) is 15.8. The average Bonchev–Trinajstić information content (AvgIpc) is 2.50. The van der Waals surface area contributed by atoms with Gasteiger partial charge in [0.15, 0.2) is 0 Å². The highest BCUT2D eigenvalue weighted by molar-refractivity contribution is 5.94. The Kier molecular flexibility index (Phi) is 6.57. The smallest absolute Gasteiger partial charge is 0.345 e. The number of likely N-dealkylation sites (N-methyl/N-ethyl adjacent to an activating group) is 1. The number of anilines is 1. The zero-order valence-corrected chi connectivity index (χ0v) is 12.0. The van der Waals surface area contributed by atoms with Gasteiger partial charge in [-0.15, -0.1) is 0 Å². The molecule has 0 saturated carbocycles. The van der Waals surface area contributed by atoms with Crippen LogP contribution in [0.2, 0.25) is 0 Å². The Balaban J connectivity index is 2.76. The molecular formula is C13H19N3O5. The molecule has 0 unspecified atom stereocenters. The number of ether oxygens (including phenoxy) is 1. The maximum atomic E-state index is 11.9. The van der Waals surface area contributed by atoms with Crippen LogP contribution in [-0.4, -0.2) is 47.2 Å². The van der Waals surface area contributed by atoms with E-state index >= 15 is 0 Å². The highest BCUT2D eigenvalue weighted by Gasteiger charge is 2.22. The second-order valence-electron chi connectivity index (χ2n) is 4.26. The van der Waals surface area contributed by atoms with Crippen LogP contribution in [0.1, 0.15) is 24.2 Å². The van der Waals surface area contributed by atoms with E-state index in [-0.39, 0.29) is 17.9 Å². The van der Waals surface area contributed by atoms with E-state index in [0.29, 0.717) is 6.54 Å². The lowest BCUT2D eigenvalue weighted by atomic mass is 10.1. The van der Waals surface area contributed by atoms with E-state index < -0.39 is 16.6 Å². The van der Waals surface area contributed by atoms with Crippen LogP contribution in [0.25, 0.3) is 0 Å². The summed E-state index contributed by atoms with van der Waals surface area (Å²) >= 11 is 0. The largest absolute Gasteiger partial charge is 0.461 e. The van der Waals surface area contributed by atoms with Crippen LogP contribution in [0.4, 0.5) is 11.4 Å². The summed E-state index contributed by atoms with van der Waals surface area (Å²) in [6.45, 7) is 6.41. The molecule has 0 radical (unpaired) electrons. The summed E-state index contributed by atoms with van der Waals surface area (Å²) in [4.78, 5) is 24.2. The molecule has 21 heavy (non-hydrogen) atoms. The first-order valence-electron chi connectivity index (χ1n) is 6.61. The number of carbonyl (C=O) groups is 1. The summed E-state index contributed by atoms with van der Waals surface area (Å²) in [6, 6.07) is 3.67. The van der Waals surface area contributed by atoms with Gasteiger partial charge in [-0.2, -0.15) is 0 Å². The van der Waals surface area contributed by atoms with Crippen molar-refractivity contribution in [3.63, 3.8) is 0 Å². The molecule has 2 N–H and O–H groups in total. The standard InChI is InChI=1S/C13H19N3O5/c1-3-15(4-2)7-8-21-13(17)11-6-5-10(14-18)9-12(11)16(19)20/h5-6,9,14,18H,3-4,7-8H2,1-2H3. The number of nitro groups is 1. The minimum atomic E-state index is -0.752. The maximum absolute atomic E-state index is 11.9. The third kappa shape index (κ3) is 4.69. The van der Waals surface area contributed by atoms with Crippen molar-refractivity contribution >= 4 is 17.3 Å². The lowest BCUT2D eigenvalue weighted by Gasteiger charge is -2.17. The van der Waals surface area contributed by atoms with Crippen LogP contribution < -0.4 is 5.48 Å². The van der Waals surface area contributed by atoms with Gasteiger partial charge >= 0.3 is 5.97 Å². The Bertz CT molecular complexity index is 503. The quantitative estimate of drug-likeness (QED) is 0.429. The number of rotatable bonds is 8. The first-order chi connectivity index (χ1) is 10.0. The molecule has 0 aromatic heterocycles. The van der Waals surface area contributed by atoms with Gasteiger partial charge in [-0.3, -0.25) is 20.8 Å². The van der Waals surface area contributed by atoms with E-state index in [9.17, 15) is 14.9 Å². The second kappa shape index (κ2) is 8.18. The maximum Gasteiger partial charge on any atom is 0.345 e. The van der Waals surface area contributed by atoms with Gasteiger partial charge < -0.3 is 9.64 Å². The molecule has 1 rings (SSSR count). The van der Waals surface area contributed by atoms with Crippen molar-refractivity contribution in [1.82, 2.24) is 4.90 Å². The summed E-state index contributed by atoms with van der Waals surface area (Å²) < 4.78 is 5.06. The van der Waals surface area contributed by atoms with Crippen LogP contribution in [0.3, 0.4) is 0 Å². The number of nitrogens with one attached hydrogen (secondary N) is 1. The molecule has 8 nitrogen and oxygen atoms in total. The van der Waals surface area contributed by atoms with Crippen molar-refractivity contribution in [2.75, 3.05) is 31.7 Å². The Morgan fingerprint density at radius 3 is 2.62 bits per heavy atom. The van der Waals surface area contributed by atoms with Crippen molar-refractivity contribution in [3.05, 3.63) is 33.9 Å². The van der Waals surface area contributed by atoms with Gasteiger partial charge in [0.1, 0.15) is 12.2 Å². The van der Waals surface area contributed by atoms with Crippen LogP contribution in [0, 0.1) is 10.1 Å². The Morgan fingerprint density at radius 1 is 1.43 bits per heavy atom. The van der Waals surface area contributed by atoms with Gasteiger partial charge in [-0.05, 0) is 25.2 Å². The van der Waals surface area contributed by atoms with Gasteiger partial charge in [0.2, 0.25) is 0 Å². The Hall–Kier alpha value is -2.19. The van der Waals surface area contributed by atoms with Gasteiger partial charge in [-0.25, -0.2) is 4.79 Å². The molecule has 0 bridgehead atoms. The predicted molar refractivity (Wildman–Crippen MR) is 76.6 cm³/mol. The van der Waals surface area contributed by atoms with Crippen molar-refractivity contribution in [1.29, 1.82) is 0 Å². The van der Waals surface area contributed by atoms with Crippen molar-refractivity contribution in [2.45, 2.75) is 13.8 Å². The second-order valence-corrected chi connectivity index (χ2v) is 4.26. The van der Waals surface area contributed by atoms with E-state index in [2.05, 4.69) is 4.90 Å². The highest BCUT2D eigenvalue weighted by atomic mass is 16.6. The molecule has 1 aromatic rings. The van der Waals surface area contributed by atoms with E-state index in [0.717, 1.165) is 19.2 Å². The zero-order valence-electron chi connectivity index (χ0n) is 12.0. The van der Waals surface area contributed by atoms with Gasteiger partial charge in [-0.1, -0.05) is 13.8 Å². The van der Waals surface area contributed by atoms with Crippen LogP contribution >= 0.6 is 0 Å². The minimum absolute atomic E-state index is 0.126. The Labute approximate surface area is 122 Å². The fourth-order valence-electron chi connectivity index (χ4n) is 1.81. The molecule has 0 saturated heterocycles. The minimum Gasteiger partial charge on any atom is -0.461 e. The van der Waals surface area contributed by atoms with Gasteiger partial charge in [0.05, 0.1) is 10.6 Å². The van der Waals surface area contributed by atoms with E-state index in [1.54, 1.807) is 5.48 Å². The molecule has 0 aliphatic heterocycles. The molecule has 0 aliphatic rings. The van der Waals surface area contributed by atoms with Gasteiger partial charge in [0, 0.05) is 12.6 Å². The highest BCUT2D eigenvalue weighted by Crippen LogP contribution is 2.23. The summed E-state index contributed by atoms with van der Waals surface area (Å²) in [7, 11) is 0. The third-order valence-corrected chi connectivity index (χ3v) is 3.08. The third-order valence-electron chi connectivity index (χ3n) is 3.08. The number of esters is 1. The lowest BCUT2D eigenvalue weighted by molar-refractivity contribution is -0.385. The summed E-state index contributed by atoms with van der Waals surface area (Å²) in [5.41, 5.74) is 1.37. The monoisotopic (exact) mass is 297 g/mol. The lowest BCUT2D eigenvalue weighted by Crippen LogP contribution is -2.28. The fourth-order valence-corrected chi connectivity index (χ4v) is 1.81. The molecule has 0 fully saturated rings. The predicted octanol–water partition coefficient (Wildman–Crippen LogP) is 1.89. The fraction of sp³-hybridized carbons (Fsp3) is 0.462. The number of nitrogens with zero attached hydrogens (tertiary/aromatic N) is 2. The van der Waals surface area contributed by atoms with Crippen LogP contribution in [0.15, 0.2) is 18.2 Å². The van der Waals surface area contributed by atoms with Crippen molar-refractivity contribution in [2.24, 2.45) is 0 Å². The number of hydrogen-bond acceptors (Lipinski definition) is 7. The number of nitro benzene ring substituents is 1. The molecular weight excluding hydrogens is 278 g/mol. The molecule has 116 valence electrons. The number of carbonyl (C=O) groups excluding carboxylic acids is 1. The Morgan fingerprint density at radius 2 is 2.10 bits per heavy atom. The van der Waals surface area contributed by atoms with E-state index in [1.165, 1.54) is 12.1 Å². The normalized spacial score (nSPS) is 10.5. The first kappa shape index (κ1) is 16.9. The van der Waals surface area contributed by atoms with Crippen molar-refractivity contribution in [3.8, 4) is 0 Å². The number of benzene rings is 1.